The number of hydrogen-bond donors (Lipinski definition) is 2. The number of guanidine groups is 1. The van der Waals surface area contributed by atoms with Crippen LogP contribution in [-0.2, 0) is 0 Å². The van der Waals surface area contributed by atoms with E-state index < -0.39 is 0 Å². The van der Waals surface area contributed by atoms with Crippen LogP contribution in [0, 0.1) is 5.92 Å². The number of rotatable bonds is 5. The largest absolute Gasteiger partial charge is 0.357 e. The maximum atomic E-state index is 4.36. The lowest BCUT2D eigenvalue weighted by molar-refractivity contribution is 0.742. The third-order valence-corrected chi connectivity index (χ3v) is 2.26. The van der Waals surface area contributed by atoms with Crippen molar-refractivity contribution < 1.29 is 0 Å². The molecule has 1 aliphatic carbocycles. The number of hydrogen-bond acceptors (Lipinski definition) is 1. The zero-order chi connectivity index (χ0) is 10.4. The number of nitrogens with zero attached hydrogens (tertiary/aromatic N) is 1. The van der Waals surface area contributed by atoms with Gasteiger partial charge >= 0.3 is 0 Å². The monoisotopic (exact) mass is 259 g/mol. The summed E-state index contributed by atoms with van der Waals surface area (Å²) in [4.78, 5) is 4.36. The molecule has 0 unspecified atom stereocenters. The van der Waals surface area contributed by atoms with Crippen molar-refractivity contribution in [1.29, 1.82) is 0 Å². The van der Waals surface area contributed by atoms with Gasteiger partial charge in [0, 0.05) is 17.6 Å². The van der Waals surface area contributed by atoms with Crippen molar-refractivity contribution in [3.63, 3.8) is 0 Å². The quantitative estimate of drug-likeness (QED) is 0.584. The number of halogens is 1. The van der Waals surface area contributed by atoms with Gasteiger partial charge in [0.2, 0.25) is 0 Å². The van der Waals surface area contributed by atoms with E-state index in [1.807, 2.05) is 0 Å². The fourth-order valence-corrected chi connectivity index (χ4v) is 1.19. The predicted molar refractivity (Wildman–Crippen MR) is 64.8 cm³/mol. The van der Waals surface area contributed by atoms with Crippen LogP contribution >= 0.6 is 15.9 Å². The Morgan fingerprint density at radius 3 is 2.71 bits per heavy atom. The third-order valence-electron chi connectivity index (χ3n) is 2.01. The van der Waals surface area contributed by atoms with E-state index in [0.29, 0.717) is 6.54 Å². The van der Waals surface area contributed by atoms with Gasteiger partial charge in [0.1, 0.15) is 0 Å². The summed E-state index contributed by atoms with van der Waals surface area (Å²) >= 11 is 3.29. The Balaban J connectivity index is 2.27. The Kier molecular flexibility index (Phi) is 5.01. The molecule has 14 heavy (non-hydrogen) atoms. The first kappa shape index (κ1) is 11.6. The number of aliphatic imine (C=N–C) groups is 1. The highest BCUT2D eigenvalue weighted by atomic mass is 79.9. The molecule has 0 atom stereocenters. The first-order valence-corrected chi connectivity index (χ1v) is 5.87. The molecule has 80 valence electrons. The summed E-state index contributed by atoms with van der Waals surface area (Å²) in [6, 6.07) is 0. The molecule has 0 amide bonds. The summed E-state index contributed by atoms with van der Waals surface area (Å²) < 4.78 is 0.904. The normalized spacial score (nSPS) is 16.6. The van der Waals surface area contributed by atoms with Gasteiger partial charge in [-0.25, -0.2) is 4.99 Å². The molecule has 0 radical (unpaired) electrons. The molecule has 0 aliphatic heterocycles. The first-order chi connectivity index (χ1) is 6.72. The zero-order valence-corrected chi connectivity index (χ0v) is 10.2. The van der Waals surface area contributed by atoms with Crippen LogP contribution in [0.1, 0.15) is 19.8 Å². The lowest BCUT2D eigenvalue weighted by Crippen LogP contribution is -2.38. The maximum absolute atomic E-state index is 4.36. The van der Waals surface area contributed by atoms with Crippen molar-refractivity contribution in [1.82, 2.24) is 10.6 Å². The molecular formula is C10H18BrN3. The van der Waals surface area contributed by atoms with Crippen LogP contribution in [-0.4, -0.2) is 25.6 Å². The fourth-order valence-electron chi connectivity index (χ4n) is 1.07. The Hall–Kier alpha value is -0.510. The van der Waals surface area contributed by atoms with Gasteiger partial charge in [-0.15, -0.1) is 0 Å². The van der Waals surface area contributed by atoms with Gasteiger partial charge in [0.15, 0.2) is 5.96 Å². The summed E-state index contributed by atoms with van der Waals surface area (Å²) in [6.07, 6.45) is 2.72. The van der Waals surface area contributed by atoms with Crippen LogP contribution in [0.4, 0.5) is 0 Å². The van der Waals surface area contributed by atoms with E-state index in [9.17, 15) is 0 Å². The molecule has 0 aromatic heterocycles. The van der Waals surface area contributed by atoms with Crippen molar-refractivity contribution in [3.05, 3.63) is 11.1 Å². The second-order valence-corrected chi connectivity index (χ2v) is 4.66. The van der Waals surface area contributed by atoms with E-state index in [4.69, 9.17) is 0 Å². The zero-order valence-electron chi connectivity index (χ0n) is 8.65. The molecule has 4 heteroatoms. The average Bonchev–Trinajstić information content (AvgIpc) is 2.93. The summed E-state index contributed by atoms with van der Waals surface area (Å²) in [5.41, 5.74) is 0. The lowest BCUT2D eigenvalue weighted by Gasteiger charge is -2.10. The van der Waals surface area contributed by atoms with Gasteiger partial charge in [-0.2, -0.15) is 0 Å². The molecule has 3 nitrogen and oxygen atoms in total. The second kappa shape index (κ2) is 6.06. The van der Waals surface area contributed by atoms with Crippen LogP contribution < -0.4 is 10.6 Å². The summed E-state index contributed by atoms with van der Waals surface area (Å²) in [5, 5.41) is 6.51. The van der Waals surface area contributed by atoms with Gasteiger partial charge in [-0.05, 0) is 25.7 Å². The minimum absolute atomic E-state index is 0.625. The molecule has 0 saturated heterocycles. The smallest absolute Gasteiger partial charge is 0.191 e. The lowest BCUT2D eigenvalue weighted by atomic mass is 10.4. The van der Waals surface area contributed by atoms with Crippen LogP contribution in [0.2, 0.25) is 0 Å². The van der Waals surface area contributed by atoms with Crippen molar-refractivity contribution >= 4 is 21.9 Å². The SMILES string of the molecule is C=C(Br)CN=C(NCC)NCC1CC1. The minimum Gasteiger partial charge on any atom is -0.357 e. The van der Waals surface area contributed by atoms with Crippen molar-refractivity contribution in [2.75, 3.05) is 19.6 Å². The Labute approximate surface area is 94.2 Å². The summed E-state index contributed by atoms with van der Waals surface area (Å²) in [6.45, 7) is 8.38. The topological polar surface area (TPSA) is 36.4 Å². The summed E-state index contributed by atoms with van der Waals surface area (Å²) in [5.74, 6) is 1.76. The molecule has 0 spiro atoms. The van der Waals surface area contributed by atoms with E-state index in [-0.39, 0.29) is 0 Å². The van der Waals surface area contributed by atoms with E-state index >= 15 is 0 Å². The first-order valence-electron chi connectivity index (χ1n) is 5.07. The minimum atomic E-state index is 0.625. The Bertz CT molecular complexity index is 221. The molecule has 0 aromatic carbocycles. The Morgan fingerprint density at radius 2 is 2.21 bits per heavy atom. The van der Waals surface area contributed by atoms with Crippen LogP contribution in [0.25, 0.3) is 0 Å². The van der Waals surface area contributed by atoms with Crippen molar-refractivity contribution in [2.45, 2.75) is 19.8 Å². The van der Waals surface area contributed by atoms with Gasteiger partial charge in [0.05, 0.1) is 6.54 Å². The number of nitrogens with one attached hydrogen (secondary N) is 2. The van der Waals surface area contributed by atoms with E-state index in [1.54, 1.807) is 0 Å². The standard InChI is InChI=1S/C10H18BrN3/c1-3-12-10(13-6-8(2)11)14-7-9-4-5-9/h9H,2-7H2,1H3,(H2,12,13,14). The molecular weight excluding hydrogens is 242 g/mol. The van der Waals surface area contributed by atoms with E-state index in [1.165, 1.54) is 12.8 Å². The fraction of sp³-hybridized carbons (Fsp3) is 0.700. The molecule has 1 fully saturated rings. The van der Waals surface area contributed by atoms with Gasteiger partial charge < -0.3 is 10.6 Å². The third kappa shape index (κ3) is 5.27. The Morgan fingerprint density at radius 1 is 1.50 bits per heavy atom. The molecule has 1 saturated carbocycles. The second-order valence-electron chi connectivity index (χ2n) is 3.54. The van der Waals surface area contributed by atoms with Gasteiger partial charge in [-0.1, -0.05) is 22.5 Å². The van der Waals surface area contributed by atoms with Gasteiger partial charge in [0.25, 0.3) is 0 Å². The molecule has 0 heterocycles. The molecule has 2 N–H and O–H groups in total. The van der Waals surface area contributed by atoms with Gasteiger partial charge in [-0.3, -0.25) is 0 Å². The van der Waals surface area contributed by atoms with Crippen LogP contribution in [0.3, 0.4) is 0 Å². The molecule has 0 bridgehead atoms. The molecule has 1 rings (SSSR count). The molecule has 1 aliphatic rings. The highest BCUT2D eigenvalue weighted by molar-refractivity contribution is 9.11. The predicted octanol–water partition coefficient (Wildman–Crippen LogP) is 1.86. The van der Waals surface area contributed by atoms with Crippen LogP contribution in [0.15, 0.2) is 16.1 Å². The van der Waals surface area contributed by atoms with Crippen molar-refractivity contribution in [2.24, 2.45) is 10.9 Å². The van der Waals surface area contributed by atoms with Crippen molar-refractivity contribution in [3.8, 4) is 0 Å². The van der Waals surface area contributed by atoms with E-state index in [0.717, 1.165) is 29.4 Å². The highest BCUT2D eigenvalue weighted by Gasteiger charge is 2.20. The van der Waals surface area contributed by atoms with E-state index in [2.05, 4.69) is 45.1 Å². The summed E-state index contributed by atoms with van der Waals surface area (Å²) in [7, 11) is 0. The average molecular weight is 260 g/mol. The van der Waals surface area contributed by atoms with Crippen LogP contribution in [0.5, 0.6) is 0 Å². The highest BCUT2D eigenvalue weighted by Crippen LogP contribution is 2.27. The molecule has 0 aromatic rings. The maximum Gasteiger partial charge on any atom is 0.191 e.